The summed E-state index contributed by atoms with van der Waals surface area (Å²) in [4.78, 5) is 45.6. The van der Waals surface area contributed by atoms with Crippen LogP contribution < -0.4 is 5.32 Å². The molecule has 128 valence electrons. The van der Waals surface area contributed by atoms with Crippen molar-refractivity contribution in [3.63, 3.8) is 0 Å². The van der Waals surface area contributed by atoms with Crippen LogP contribution in [0.5, 0.6) is 0 Å². The quantitative estimate of drug-likeness (QED) is 0.901. The normalized spacial score (nSPS) is 17.8. The molecule has 1 saturated heterocycles. The number of piperidine rings is 1. The molecule has 0 bridgehead atoms. The van der Waals surface area contributed by atoms with Crippen LogP contribution >= 0.6 is 0 Å². The maximum absolute atomic E-state index is 12.2. The van der Waals surface area contributed by atoms with E-state index in [1.807, 2.05) is 0 Å². The third-order valence-electron chi connectivity index (χ3n) is 3.81. The molecule has 25 heavy (non-hydrogen) atoms. The van der Waals surface area contributed by atoms with Gasteiger partial charge in [-0.1, -0.05) is 24.3 Å². The Labute approximate surface area is 144 Å². The van der Waals surface area contributed by atoms with Crippen LogP contribution in [0.25, 0.3) is 0 Å². The Morgan fingerprint density at radius 3 is 2.60 bits per heavy atom. The van der Waals surface area contributed by atoms with Gasteiger partial charge in [0.2, 0.25) is 0 Å². The first kappa shape index (κ1) is 16.8. The second-order valence-corrected chi connectivity index (χ2v) is 5.59. The fourth-order valence-electron chi connectivity index (χ4n) is 2.49. The molecule has 1 aromatic heterocycles. The monoisotopic (exact) mass is 339 g/mol. The highest BCUT2D eigenvalue weighted by molar-refractivity contribution is 5.97. The number of hydroxylamine groups is 2. The van der Waals surface area contributed by atoms with E-state index in [1.165, 1.54) is 11.3 Å². The SMILES string of the molecule is O=C(ON1CCC(=O)[C@@H](NC(=O)c2ccccn2)C1)c1ccccc1. The molecular formula is C18H17N3O4. The standard InChI is InChI=1S/C18H17N3O4/c22-16-9-11-21(25-18(24)13-6-2-1-3-7-13)12-15(16)20-17(23)14-8-4-5-10-19-14/h1-8,10,15H,9,11-12H2,(H,20,23)/t15-/m0/s1. The van der Waals surface area contributed by atoms with Crippen molar-refractivity contribution >= 4 is 17.7 Å². The number of benzene rings is 1. The molecule has 1 fully saturated rings. The Kier molecular flexibility index (Phi) is 5.15. The number of ketones is 1. The lowest BCUT2D eigenvalue weighted by Gasteiger charge is -2.30. The minimum atomic E-state index is -0.744. The van der Waals surface area contributed by atoms with E-state index in [-0.39, 0.29) is 24.4 Å². The first-order valence-electron chi connectivity index (χ1n) is 7.90. The van der Waals surface area contributed by atoms with E-state index in [0.29, 0.717) is 12.1 Å². The molecule has 1 atom stereocenters. The molecule has 2 aromatic rings. The molecule has 7 nitrogen and oxygen atoms in total. The lowest BCUT2D eigenvalue weighted by Crippen LogP contribution is -2.53. The Hall–Kier alpha value is -3.06. The molecule has 1 aliphatic heterocycles. The van der Waals surface area contributed by atoms with Crippen LogP contribution in [0.3, 0.4) is 0 Å². The van der Waals surface area contributed by atoms with Gasteiger partial charge in [-0.2, -0.15) is 0 Å². The fourth-order valence-corrected chi connectivity index (χ4v) is 2.49. The van der Waals surface area contributed by atoms with Gasteiger partial charge in [-0.3, -0.25) is 14.6 Å². The molecule has 1 aliphatic rings. The van der Waals surface area contributed by atoms with Gasteiger partial charge in [0.05, 0.1) is 12.1 Å². The molecule has 0 saturated carbocycles. The number of pyridine rings is 1. The lowest BCUT2D eigenvalue weighted by molar-refractivity contribution is -0.146. The number of hydrogen-bond donors (Lipinski definition) is 1. The second kappa shape index (κ2) is 7.67. The molecule has 7 heteroatoms. The average Bonchev–Trinajstić information content (AvgIpc) is 2.66. The zero-order valence-corrected chi connectivity index (χ0v) is 13.4. The number of rotatable bonds is 4. The highest BCUT2D eigenvalue weighted by Crippen LogP contribution is 2.11. The van der Waals surface area contributed by atoms with E-state index in [2.05, 4.69) is 10.3 Å². The maximum Gasteiger partial charge on any atom is 0.357 e. The molecule has 0 radical (unpaired) electrons. The van der Waals surface area contributed by atoms with E-state index in [9.17, 15) is 14.4 Å². The first-order chi connectivity index (χ1) is 12.1. The van der Waals surface area contributed by atoms with E-state index in [1.54, 1.807) is 48.5 Å². The third-order valence-corrected chi connectivity index (χ3v) is 3.81. The van der Waals surface area contributed by atoms with E-state index >= 15 is 0 Å². The summed E-state index contributed by atoms with van der Waals surface area (Å²) in [5, 5.41) is 4.05. The van der Waals surface area contributed by atoms with Crippen molar-refractivity contribution in [2.24, 2.45) is 0 Å². The van der Waals surface area contributed by atoms with Crippen LogP contribution in [0.2, 0.25) is 0 Å². The molecule has 0 unspecified atom stereocenters. The Morgan fingerprint density at radius 1 is 1.12 bits per heavy atom. The number of nitrogens with zero attached hydrogens (tertiary/aromatic N) is 2. The van der Waals surface area contributed by atoms with E-state index in [0.717, 1.165) is 0 Å². The Morgan fingerprint density at radius 2 is 1.88 bits per heavy atom. The maximum atomic E-state index is 12.2. The number of carbonyl (C=O) groups is 3. The van der Waals surface area contributed by atoms with Crippen LogP contribution in [0.15, 0.2) is 54.7 Å². The minimum Gasteiger partial charge on any atom is -0.364 e. The van der Waals surface area contributed by atoms with Gasteiger partial charge in [0, 0.05) is 19.2 Å². The third kappa shape index (κ3) is 4.27. The number of nitrogens with one attached hydrogen (secondary N) is 1. The molecule has 1 amide bonds. The van der Waals surface area contributed by atoms with Gasteiger partial charge in [-0.05, 0) is 24.3 Å². The van der Waals surface area contributed by atoms with Crippen molar-refractivity contribution < 1.29 is 19.2 Å². The van der Waals surface area contributed by atoms with Gasteiger partial charge in [0.15, 0.2) is 5.78 Å². The van der Waals surface area contributed by atoms with Crippen LogP contribution in [0, 0.1) is 0 Å². The number of amides is 1. The summed E-state index contributed by atoms with van der Waals surface area (Å²) >= 11 is 0. The molecular weight excluding hydrogens is 322 g/mol. The van der Waals surface area contributed by atoms with Gasteiger partial charge < -0.3 is 10.2 Å². The smallest absolute Gasteiger partial charge is 0.357 e. The number of Topliss-reactive ketones (excluding diaryl/α,β-unsaturated/α-hetero) is 1. The van der Waals surface area contributed by atoms with Gasteiger partial charge >= 0.3 is 5.97 Å². The molecule has 3 rings (SSSR count). The second-order valence-electron chi connectivity index (χ2n) is 5.59. The minimum absolute atomic E-state index is 0.101. The Balaban J connectivity index is 1.61. The summed E-state index contributed by atoms with van der Waals surface area (Å²) in [6.07, 6.45) is 1.70. The molecule has 0 aliphatic carbocycles. The summed E-state index contributed by atoms with van der Waals surface area (Å²) in [5.74, 6) is -1.03. The van der Waals surface area contributed by atoms with Crippen molar-refractivity contribution in [3.05, 3.63) is 66.0 Å². The number of hydrogen-bond acceptors (Lipinski definition) is 6. The van der Waals surface area contributed by atoms with Crippen molar-refractivity contribution in [2.45, 2.75) is 12.5 Å². The highest BCUT2D eigenvalue weighted by Gasteiger charge is 2.31. The van der Waals surface area contributed by atoms with Gasteiger partial charge in [0.1, 0.15) is 11.7 Å². The van der Waals surface area contributed by atoms with Gasteiger partial charge in [-0.25, -0.2) is 4.79 Å². The summed E-state index contributed by atoms with van der Waals surface area (Å²) < 4.78 is 0. The summed E-state index contributed by atoms with van der Waals surface area (Å²) in [7, 11) is 0. The van der Waals surface area contributed by atoms with Crippen LogP contribution in [0.1, 0.15) is 27.3 Å². The van der Waals surface area contributed by atoms with Crippen LogP contribution in [-0.4, -0.2) is 46.8 Å². The molecule has 2 heterocycles. The van der Waals surface area contributed by atoms with Crippen molar-refractivity contribution in [2.75, 3.05) is 13.1 Å². The fraction of sp³-hybridized carbons (Fsp3) is 0.222. The number of aromatic nitrogens is 1. The van der Waals surface area contributed by atoms with E-state index < -0.39 is 17.9 Å². The zero-order chi connectivity index (χ0) is 17.6. The summed E-state index contributed by atoms with van der Waals surface area (Å²) in [5.41, 5.74) is 0.655. The van der Waals surface area contributed by atoms with Crippen LogP contribution in [-0.2, 0) is 9.63 Å². The largest absolute Gasteiger partial charge is 0.364 e. The molecule has 1 N–H and O–H groups in total. The van der Waals surface area contributed by atoms with Crippen molar-refractivity contribution in [3.8, 4) is 0 Å². The Bertz CT molecular complexity index is 764. The summed E-state index contributed by atoms with van der Waals surface area (Å²) in [6.45, 7) is 0.406. The van der Waals surface area contributed by atoms with Crippen molar-refractivity contribution in [1.82, 2.24) is 15.4 Å². The van der Waals surface area contributed by atoms with Crippen LogP contribution in [0.4, 0.5) is 0 Å². The molecule has 0 spiro atoms. The van der Waals surface area contributed by atoms with Gasteiger partial charge in [0.25, 0.3) is 5.91 Å². The predicted octanol–water partition coefficient (Wildman–Crippen LogP) is 1.23. The number of carbonyl (C=O) groups excluding carboxylic acids is 3. The van der Waals surface area contributed by atoms with E-state index in [4.69, 9.17) is 4.84 Å². The van der Waals surface area contributed by atoms with Gasteiger partial charge in [-0.15, -0.1) is 5.06 Å². The first-order valence-corrected chi connectivity index (χ1v) is 7.90. The highest BCUT2D eigenvalue weighted by atomic mass is 16.7. The molecule has 1 aromatic carbocycles. The predicted molar refractivity (Wildman–Crippen MR) is 88.5 cm³/mol. The summed E-state index contributed by atoms with van der Waals surface area (Å²) in [6, 6.07) is 12.8. The zero-order valence-electron chi connectivity index (χ0n) is 13.4. The van der Waals surface area contributed by atoms with Crippen molar-refractivity contribution in [1.29, 1.82) is 0 Å². The average molecular weight is 339 g/mol. The topological polar surface area (TPSA) is 88.6 Å². The lowest BCUT2D eigenvalue weighted by atomic mass is 10.1.